The molecular formula is C15H14N2O4. The van der Waals surface area contributed by atoms with E-state index in [9.17, 15) is 14.7 Å². The molecule has 0 aromatic heterocycles. The van der Waals surface area contributed by atoms with Gasteiger partial charge >= 0.3 is 5.97 Å². The van der Waals surface area contributed by atoms with Crippen molar-refractivity contribution in [1.29, 1.82) is 0 Å². The van der Waals surface area contributed by atoms with Crippen LogP contribution in [-0.4, -0.2) is 24.1 Å². The first kappa shape index (κ1) is 14.4. The molecule has 1 amide bonds. The van der Waals surface area contributed by atoms with Gasteiger partial charge in [0.2, 0.25) is 0 Å². The van der Waals surface area contributed by atoms with Gasteiger partial charge in [-0.05, 0) is 30.3 Å². The third-order valence-electron chi connectivity index (χ3n) is 2.91. The number of amides is 1. The monoisotopic (exact) mass is 286 g/mol. The van der Waals surface area contributed by atoms with E-state index in [4.69, 9.17) is 10.5 Å². The smallest absolute Gasteiger partial charge is 0.337 e. The molecule has 0 heterocycles. The van der Waals surface area contributed by atoms with Crippen LogP contribution in [-0.2, 0) is 0 Å². The van der Waals surface area contributed by atoms with Crippen molar-refractivity contribution in [1.82, 2.24) is 0 Å². The van der Waals surface area contributed by atoms with Crippen molar-refractivity contribution in [2.24, 2.45) is 0 Å². The number of anilines is 2. The highest BCUT2D eigenvalue weighted by Gasteiger charge is 2.15. The molecule has 6 nitrogen and oxygen atoms in total. The number of rotatable bonds is 4. The quantitative estimate of drug-likeness (QED) is 0.748. The molecule has 0 fully saturated rings. The minimum atomic E-state index is -1.16. The maximum Gasteiger partial charge on any atom is 0.337 e. The first-order valence-corrected chi connectivity index (χ1v) is 6.10. The van der Waals surface area contributed by atoms with E-state index in [-0.39, 0.29) is 16.8 Å². The molecule has 0 saturated carbocycles. The van der Waals surface area contributed by atoms with E-state index in [1.807, 2.05) is 0 Å². The summed E-state index contributed by atoms with van der Waals surface area (Å²) in [6.45, 7) is 0. The summed E-state index contributed by atoms with van der Waals surface area (Å²) in [5, 5.41) is 11.7. The van der Waals surface area contributed by atoms with Crippen molar-refractivity contribution in [3.63, 3.8) is 0 Å². The van der Waals surface area contributed by atoms with E-state index in [1.165, 1.54) is 19.2 Å². The number of benzene rings is 2. The Morgan fingerprint density at radius 1 is 1.14 bits per heavy atom. The van der Waals surface area contributed by atoms with Crippen LogP contribution in [0.5, 0.6) is 5.75 Å². The Balaban J connectivity index is 2.33. The number of aromatic carboxylic acids is 1. The van der Waals surface area contributed by atoms with Crippen LogP contribution < -0.4 is 15.8 Å². The van der Waals surface area contributed by atoms with Crippen LogP contribution >= 0.6 is 0 Å². The summed E-state index contributed by atoms with van der Waals surface area (Å²) in [7, 11) is 1.43. The van der Waals surface area contributed by atoms with Gasteiger partial charge in [-0.2, -0.15) is 0 Å². The fraction of sp³-hybridized carbons (Fsp3) is 0.0667. The van der Waals surface area contributed by atoms with Gasteiger partial charge in [0, 0.05) is 5.69 Å². The number of nitrogen functional groups attached to an aromatic ring is 1. The van der Waals surface area contributed by atoms with E-state index in [1.54, 1.807) is 30.3 Å². The summed E-state index contributed by atoms with van der Waals surface area (Å²) < 4.78 is 4.97. The lowest BCUT2D eigenvalue weighted by Crippen LogP contribution is -2.16. The average Bonchev–Trinajstić information content (AvgIpc) is 2.47. The molecule has 0 saturated heterocycles. The highest BCUT2D eigenvalue weighted by molar-refractivity contribution is 6.10. The minimum absolute atomic E-state index is 0.0581. The largest absolute Gasteiger partial charge is 0.497 e. The molecule has 6 heteroatoms. The predicted molar refractivity (Wildman–Crippen MR) is 78.8 cm³/mol. The summed E-state index contributed by atoms with van der Waals surface area (Å²) in [5.41, 5.74) is 6.44. The fourth-order valence-electron chi connectivity index (χ4n) is 1.83. The van der Waals surface area contributed by atoms with Crippen molar-refractivity contribution in [2.75, 3.05) is 18.2 Å². The lowest BCUT2D eigenvalue weighted by Gasteiger charge is -2.11. The number of hydrogen-bond donors (Lipinski definition) is 3. The van der Waals surface area contributed by atoms with Gasteiger partial charge in [0.15, 0.2) is 0 Å². The third-order valence-corrected chi connectivity index (χ3v) is 2.91. The van der Waals surface area contributed by atoms with Gasteiger partial charge in [-0.15, -0.1) is 0 Å². The molecule has 0 unspecified atom stereocenters. The van der Waals surface area contributed by atoms with Crippen molar-refractivity contribution in [2.45, 2.75) is 0 Å². The van der Waals surface area contributed by atoms with Crippen LogP contribution in [0.25, 0.3) is 0 Å². The number of carbonyl (C=O) groups excluding carboxylic acids is 1. The summed E-state index contributed by atoms with van der Waals surface area (Å²) in [4.78, 5) is 23.4. The molecule has 0 radical (unpaired) electrons. The molecule has 4 N–H and O–H groups in total. The third kappa shape index (κ3) is 3.11. The van der Waals surface area contributed by atoms with Crippen LogP contribution in [0.1, 0.15) is 20.7 Å². The van der Waals surface area contributed by atoms with Gasteiger partial charge in [-0.1, -0.05) is 12.1 Å². The maximum atomic E-state index is 12.1. The average molecular weight is 286 g/mol. The topological polar surface area (TPSA) is 102 Å². The van der Waals surface area contributed by atoms with E-state index in [0.29, 0.717) is 11.4 Å². The van der Waals surface area contributed by atoms with Gasteiger partial charge in [0.25, 0.3) is 5.91 Å². The number of carboxylic acid groups (broad SMARTS) is 1. The fourth-order valence-corrected chi connectivity index (χ4v) is 1.83. The van der Waals surface area contributed by atoms with Gasteiger partial charge < -0.3 is 20.9 Å². The second kappa shape index (κ2) is 5.96. The van der Waals surface area contributed by atoms with Crippen molar-refractivity contribution in [3.05, 3.63) is 53.6 Å². The van der Waals surface area contributed by atoms with E-state index < -0.39 is 11.9 Å². The number of para-hydroxylation sites is 1. The summed E-state index contributed by atoms with van der Waals surface area (Å²) in [6, 6.07) is 10.9. The standard InChI is InChI=1S/C15H14N2O4/c1-21-9-6-7-13(11(8-9)15(19)20)17-14(18)10-4-2-3-5-12(10)16/h2-8H,16H2,1H3,(H,17,18)(H,19,20). The van der Waals surface area contributed by atoms with Gasteiger partial charge in [-0.25, -0.2) is 4.79 Å². The molecule has 108 valence electrons. The lowest BCUT2D eigenvalue weighted by atomic mass is 10.1. The molecule has 0 aliphatic rings. The van der Waals surface area contributed by atoms with E-state index in [2.05, 4.69) is 5.32 Å². The number of carbonyl (C=O) groups is 2. The Bertz CT molecular complexity index is 698. The molecule has 0 bridgehead atoms. The Morgan fingerprint density at radius 2 is 1.86 bits per heavy atom. The zero-order valence-electron chi connectivity index (χ0n) is 11.3. The number of hydrogen-bond acceptors (Lipinski definition) is 4. The first-order chi connectivity index (χ1) is 10.0. The SMILES string of the molecule is COc1ccc(NC(=O)c2ccccc2N)c(C(=O)O)c1. The molecule has 0 aliphatic carbocycles. The van der Waals surface area contributed by atoms with E-state index in [0.717, 1.165) is 0 Å². The van der Waals surface area contributed by atoms with Gasteiger partial charge in [0.1, 0.15) is 5.75 Å². The number of nitrogens with two attached hydrogens (primary N) is 1. The number of carboxylic acids is 1. The highest BCUT2D eigenvalue weighted by Crippen LogP contribution is 2.23. The zero-order chi connectivity index (χ0) is 15.4. The number of methoxy groups -OCH3 is 1. The Morgan fingerprint density at radius 3 is 2.48 bits per heavy atom. The van der Waals surface area contributed by atoms with Crippen LogP contribution in [0.4, 0.5) is 11.4 Å². The molecule has 2 aromatic carbocycles. The summed E-state index contributed by atoms with van der Waals surface area (Å²) in [5.74, 6) is -1.24. The minimum Gasteiger partial charge on any atom is -0.497 e. The number of ether oxygens (including phenoxy) is 1. The maximum absolute atomic E-state index is 12.1. The highest BCUT2D eigenvalue weighted by atomic mass is 16.5. The van der Waals surface area contributed by atoms with Crippen LogP contribution in [0.2, 0.25) is 0 Å². The van der Waals surface area contributed by atoms with Crippen LogP contribution in [0, 0.1) is 0 Å². The molecule has 0 aliphatic heterocycles. The Hall–Kier alpha value is -3.02. The molecule has 2 rings (SSSR count). The van der Waals surface area contributed by atoms with Crippen molar-refractivity contribution >= 4 is 23.3 Å². The normalized spacial score (nSPS) is 9.95. The second-order valence-electron chi connectivity index (χ2n) is 4.26. The predicted octanol–water partition coefficient (Wildman–Crippen LogP) is 2.23. The summed E-state index contributed by atoms with van der Waals surface area (Å²) >= 11 is 0. The van der Waals surface area contributed by atoms with Crippen molar-refractivity contribution < 1.29 is 19.4 Å². The van der Waals surface area contributed by atoms with Crippen molar-refractivity contribution in [3.8, 4) is 5.75 Å². The Kier molecular flexibility index (Phi) is 4.08. The zero-order valence-corrected chi connectivity index (χ0v) is 11.3. The first-order valence-electron chi connectivity index (χ1n) is 6.10. The molecular weight excluding hydrogens is 272 g/mol. The molecule has 0 atom stereocenters. The molecule has 2 aromatic rings. The second-order valence-corrected chi connectivity index (χ2v) is 4.26. The Labute approximate surface area is 121 Å². The lowest BCUT2D eigenvalue weighted by molar-refractivity contribution is 0.0697. The summed E-state index contributed by atoms with van der Waals surface area (Å²) in [6.07, 6.45) is 0. The van der Waals surface area contributed by atoms with Gasteiger partial charge in [0.05, 0.1) is 23.9 Å². The van der Waals surface area contributed by atoms with Gasteiger partial charge in [-0.3, -0.25) is 4.79 Å². The number of nitrogens with one attached hydrogen (secondary N) is 1. The van der Waals surface area contributed by atoms with Crippen LogP contribution in [0.3, 0.4) is 0 Å². The molecule has 0 spiro atoms. The molecule has 21 heavy (non-hydrogen) atoms. The van der Waals surface area contributed by atoms with Crippen LogP contribution in [0.15, 0.2) is 42.5 Å². The van der Waals surface area contributed by atoms with E-state index >= 15 is 0 Å².